The van der Waals surface area contributed by atoms with Crippen molar-refractivity contribution in [3.05, 3.63) is 65.7 Å². The van der Waals surface area contributed by atoms with Gasteiger partial charge in [-0.05, 0) is 30.2 Å². The number of hydrogen-bond acceptors (Lipinski definition) is 6. The molecule has 0 saturated carbocycles. The third kappa shape index (κ3) is 8.88. The summed E-state index contributed by atoms with van der Waals surface area (Å²) in [6.45, 7) is 0.821. The van der Waals surface area contributed by atoms with Crippen LogP contribution < -0.4 is 26.8 Å². The van der Waals surface area contributed by atoms with Gasteiger partial charge in [0.15, 0.2) is 5.96 Å². The second-order valence-electron chi connectivity index (χ2n) is 7.25. The molecule has 0 unspecified atom stereocenters. The first kappa shape index (κ1) is 25.8. The molecule has 33 heavy (non-hydrogen) atoms. The summed E-state index contributed by atoms with van der Waals surface area (Å²) in [6.07, 6.45) is 0. The molecular formula is C21H28N6O5S. The largest absolute Gasteiger partial charge is 0.394 e. The van der Waals surface area contributed by atoms with Crippen LogP contribution >= 0.6 is 0 Å². The van der Waals surface area contributed by atoms with E-state index < -0.39 is 40.5 Å². The van der Waals surface area contributed by atoms with E-state index in [9.17, 15) is 23.1 Å². The van der Waals surface area contributed by atoms with Crippen LogP contribution in [-0.2, 0) is 31.9 Å². The predicted molar refractivity (Wildman–Crippen MR) is 124 cm³/mol. The highest BCUT2D eigenvalue weighted by Crippen LogP contribution is 2.13. The zero-order valence-corrected chi connectivity index (χ0v) is 18.9. The zero-order valence-electron chi connectivity index (χ0n) is 18.1. The van der Waals surface area contributed by atoms with Gasteiger partial charge in [0.25, 0.3) is 0 Å². The molecule has 12 heteroatoms. The molecule has 0 fully saturated rings. The van der Waals surface area contributed by atoms with Crippen molar-refractivity contribution in [2.45, 2.75) is 31.3 Å². The molecule has 0 spiro atoms. The molecule has 2 aromatic carbocycles. The Balaban J connectivity index is 1.90. The van der Waals surface area contributed by atoms with Gasteiger partial charge in [-0.1, -0.05) is 42.5 Å². The van der Waals surface area contributed by atoms with Crippen molar-refractivity contribution >= 4 is 33.5 Å². The van der Waals surface area contributed by atoms with Crippen LogP contribution in [0.4, 0.5) is 5.69 Å². The van der Waals surface area contributed by atoms with E-state index in [1.165, 1.54) is 6.92 Å². The summed E-state index contributed by atoms with van der Waals surface area (Å²) >= 11 is 0. The smallest absolute Gasteiger partial charge is 0.242 e. The Morgan fingerprint density at radius 3 is 2.33 bits per heavy atom. The Labute approximate surface area is 192 Å². The lowest BCUT2D eigenvalue weighted by Gasteiger charge is -2.19. The summed E-state index contributed by atoms with van der Waals surface area (Å²) in [5, 5.41) is 14.6. The fourth-order valence-electron chi connectivity index (χ4n) is 2.83. The van der Waals surface area contributed by atoms with Crippen LogP contribution in [0.15, 0.2) is 59.6 Å². The maximum Gasteiger partial charge on any atom is 0.242 e. The van der Waals surface area contributed by atoms with E-state index >= 15 is 0 Å². The van der Waals surface area contributed by atoms with Crippen molar-refractivity contribution in [1.29, 1.82) is 0 Å². The SMILES string of the molecule is C[C@H](NC(=O)[C@@H](CO)NS(=O)(=O)Cc1ccccc1)C(=O)NCc1cccc(N=C(N)N)c1. The fourth-order valence-corrected chi connectivity index (χ4v) is 4.16. The van der Waals surface area contributed by atoms with Crippen LogP contribution in [0.2, 0.25) is 0 Å². The number of aliphatic hydroxyl groups is 1. The fraction of sp³-hybridized carbons (Fsp3) is 0.286. The molecule has 0 aliphatic rings. The molecule has 2 aromatic rings. The summed E-state index contributed by atoms with van der Waals surface area (Å²) in [6, 6.07) is 12.8. The lowest BCUT2D eigenvalue weighted by atomic mass is 10.2. The van der Waals surface area contributed by atoms with Crippen LogP contribution in [0.5, 0.6) is 0 Å². The summed E-state index contributed by atoms with van der Waals surface area (Å²) in [4.78, 5) is 28.7. The van der Waals surface area contributed by atoms with Gasteiger partial charge < -0.3 is 27.2 Å². The minimum Gasteiger partial charge on any atom is -0.394 e. The maximum atomic E-state index is 12.4. The highest BCUT2D eigenvalue weighted by atomic mass is 32.2. The van der Waals surface area contributed by atoms with Gasteiger partial charge in [-0.3, -0.25) is 9.59 Å². The molecule has 0 aromatic heterocycles. The molecule has 11 nitrogen and oxygen atoms in total. The summed E-state index contributed by atoms with van der Waals surface area (Å²) < 4.78 is 26.8. The quantitative estimate of drug-likeness (QED) is 0.181. The van der Waals surface area contributed by atoms with Gasteiger partial charge in [0.2, 0.25) is 21.8 Å². The summed E-state index contributed by atoms with van der Waals surface area (Å²) in [7, 11) is -3.91. The van der Waals surface area contributed by atoms with E-state index in [0.717, 1.165) is 5.56 Å². The van der Waals surface area contributed by atoms with Gasteiger partial charge in [-0.15, -0.1) is 0 Å². The van der Waals surface area contributed by atoms with Gasteiger partial charge in [-0.2, -0.15) is 0 Å². The average molecular weight is 477 g/mol. The number of hydrogen-bond donors (Lipinski definition) is 6. The van der Waals surface area contributed by atoms with Crippen molar-refractivity contribution in [1.82, 2.24) is 15.4 Å². The molecule has 0 aliphatic carbocycles. The number of benzene rings is 2. The van der Waals surface area contributed by atoms with Crippen LogP contribution in [0.3, 0.4) is 0 Å². The second-order valence-corrected chi connectivity index (χ2v) is 9.01. The van der Waals surface area contributed by atoms with Crippen molar-refractivity contribution in [3.8, 4) is 0 Å². The number of guanidine groups is 1. The number of carbonyl (C=O) groups is 2. The van der Waals surface area contributed by atoms with Crippen LogP contribution in [0, 0.1) is 0 Å². The lowest BCUT2D eigenvalue weighted by Crippen LogP contribution is -2.54. The first-order valence-electron chi connectivity index (χ1n) is 10.0. The van der Waals surface area contributed by atoms with Gasteiger partial charge in [0, 0.05) is 6.54 Å². The van der Waals surface area contributed by atoms with Crippen molar-refractivity contribution in [2.75, 3.05) is 6.61 Å². The van der Waals surface area contributed by atoms with Crippen LogP contribution in [-0.4, -0.2) is 50.0 Å². The average Bonchev–Trinajstić information content (AvgIpc) is 2.75. The number of nitrogens with two attached hydrogens (primary N) is 2. The minimum atomic E-state index is -3.91. The Morgan fingerprint density at radius 1 is 1.03 bits per heavy atom. The first-order chi connectivity index (χ1) is 15.6. The third-order valence-corrected chi connectivity index (χ3v) is 5.76. The third-order valence-electron chi connectivity index (χ3n) is 4.41. The summed E-state index contributed by atoms with van der Waals surface area (Å²) in [5.74, 6) is -1.77. The van der Waals surface area contributed by atoms with Gasteiger partial charge >= 0.3 is 0 Å². The lowest BCUT2D eigenvalue weighted by molar-refractivity contribution is -0.130. The predicted octanol–water partition coefficient (Wildman–Crippen LogP) is -0.807. The highest BCUT2D eigenvalue weighted by molar-refractivity contribution is 7.88. The maximum absolute atomic E-state index is 12.4. The summed E-state index contributed by atoms with van der Waals surface area (Å²) in [5.41, 5.74) is 12.5. The van der Waals surface area contributed by atoms with E-state index in [4.69, 9.17) is 11.5 Å². The number of nitrogens with one attached hydrogen (secondary N) is 3. The van der Waals surface area contributed by atoms with Gasteiger partial charge in [-0.25, -0.2) is 18.1 Å². The van der Waals surface area contributed by atoms with Crippen molar-refractivity contribution in [2.24, 2.45) is 16.5 Å². The molecule has 2 rings (SSSR count). The normalized spacial score (nSPS) is 12.9. The van der Waals surface area contributed by atoms with Crippen LogP contribution in [0.25, 0.3) is 0 Å². The number of aliphatic hydroxyl groups excluding tert-OH is 1. The standard InChI is InChI=1S/C21H28N6O5S/c1-14(19(29)24-11-16-8-5-9-17(10-16)26-21(22)23)25-20(30)18(12-28)27-33(31,32)13-15-6-3-2-4-7-15/h2-10,14,18,27-28H,11-13H2,1H3,(H,24,29)(H,25,30)(H4,22,23,26)/t14-,18+/m0/s1. The van der Waals surface area contributed by atoms with E-state index in [0.29, 0.717) is 11.3 Å². The topological polar surface area (TPSA) is 189 Å². The highest BCUT2D eigenvalue weighted by Gasteiger charge is 2.26. The molecule has 2 amide bonds. The Morgan fingerprint density at radius 2 is 1.70 bits per heavy atom. The monoisotopic (exact) mass is 476 g/mol. The molecule has 2 atom stereocenters. The van der Waals surface area contributed by atoms with Gasteiger partial charge in [0.05, 0.1) is 18.0 Å². The van der Waals surface area contributed by atoms with Crippen molar-refractivity contribution < 1.29 is 23.1 Å². The second kappa shape index (κ2) is 11.9. The molecular weight excluding hydrogens is 448 g/mol. The number of amides is 2. The van der Waals surface area contributed by atoms with E-state index in [2.05, 4.69) is 20.3 Å². The van der Waals surface area contributed by atoms with Gasteiger partial charge in [0.1, 0.15) is 12.1 Å². The molecule has 0 aliphatic heterocycles. The number of carbonyl (C=O) groups excluding carboxylic acids is 2. The Bertz CT molecular complexity index is 1090. The molecule has 0 bridgehead atoms. The first-order valence-corrected chi connectivity index (χ1v) is 11.7. The number of nitrogens with zero attached hydrogens (tertiary/aromatic N) is 1. The molecule has 178 valence electrons. The molecule has 0 heterocycles. The van der Waals surface area contributed by atoms with Crippen molar-refractivity contribution in [3.63, 3.8) is 0 Å². The van der Waals surface area contributed by atoms with Crippen LogP contribution in [0.1, 0.15) is 18.1 Å². The molecule has 0 radical (unpaired) electrons. The molecule has 8 N–H and O–H groups in total. The number of rotatable bonds is 11. The van der Waals surface area contributed by atoms with E-state index in [-0.39, 0.29) is 18.3 Å². The zero-order chi connectivity index (χ0) is 24.4. The minimum absolute atomic E-state index is 0.0923. The van der Waals surface area contributed by atoms with E-state index in [1.54, 1.807) is 54.6 Å². The Hall–Kier alpha value is -3.48. The Kier molecular flexibility index (Phi) is 9.33. The number of aliphatic imine (C=N–C) groups is 1. The molecule has 0 saturated heterocycles. The van der Waals surface area contributed by atoms with E-state index in [1.807, 2.05) is 0 Å². The number of sulfonamides is 1.